The number of nitrogens with zero attached hydrogens (tertiary/aromatic N) is 2. The first-order chi connectivity index (χ1) is 15.7. The zero-order chi connectivity index (χ0) is 23.6. The van der Waals surface area contributed by atoms with Crippen molar-refractivity contribution in [3.63, 3.8) is 0 Å². The van der Waals surface area contributed by atoms with E-state index in [9.17, 15) is 27.6 Å². The summed E-state index contributed by atoms with van der Waals surface area (Å²) in [5.41, 5.74) is 0.772. The third kappa shape index (κ3) is 5.41. The molecule has 0 bridgehead atoms. The predicted molar refractivity (Wildman–Crippen MR) is 116 cm³/mol. The molecule has 1 saturated heterocycles. The summed E-state index contributed by atoms with van der Waals surface area (Å²) in [6.07, 6.45) is -3.02. The van der Waals surface area contributed by atoms with Gasteiger partial charge in [0.05, 0.1) is 5.69 Å². The second kappa shape index (κ2) is 9.34. The Kier molecular flexibility index (Phi) is 6.50. The van der Waals surface area contributed by atoms with Gasteiger partial charge in [0.2, 0.25) is 11.8 Å². The van der Waals surface area contributed by atoms with Crippen molar-refractivity contribution >= 4 is 40.9 Å². The number of halogens is 3. The Hall–Kier alpha value is -3.21. The monoisotopic (exact) mass is 479 g/mol. The number of rotatable bonds is 5. The number of carbonyl (C=O) groups is 3. The van der Waals surface area contributed by atoms with E-state index in [4.69, 9.17) is 0 Å². The highest BCUT2D eigenvalue weighted by atomic mass is 32.2. The number of anilines is 2. The van der Waals surface area contributed by atoms with Crippen LogP contribution in [0.5, 0.6) is 5.75 Å². The van der Waals surface area contributed by atoms with Crippen LogP contribution in [0.25, 0.3) is 0 Å². The van der Waals surface area contributed by atoms with E-state index in [0.717, 1.165) is 29.9 Å². The maximum absolute atomic E-state index is 13.2. The number of fused-ring (bicyclic) bond motifs is 1. The molecule has 1 N–H and O–H groups in total. The van der Waals surface area contributed by atoms with E-state index < -0.39 is 29.2 Å². The van der Waals surface area contributed by atoms with Gasteiger partial charge in [0, 0.05) is 23.7 Å². The van der Waals surface area contributed by atoms with Gasteiger partial charge in [-0.3, -0.25) is 14.4 Å². The van der Waals surface area contributed by atoms with Crippen molar-refractivity contribution in [2.75, 3.05) is 29.9 Å². The molecule has 11 heteroatoms. The van der Waals surface area contributed by atoms with E-state index >= 15 is 0 Å². The summed E-state index contributed by atoms with van der Waals surface area (Å²) < 4.78 is 40.7. The minimum Gasteiger partial charge on any atom is -0.406 e. The largest absolute Gasteiger partial charge is 0.573 e. The molecule has 1 fully saturated rings. The smallest absolute Gasteiger partial charge is 0.406 e. The molecule has 33 heavy (non-hydrogen) atoms. The molecule has 2 aliphatic rings. The lowest BCUT2D eigenvalue weighted by Gasteiger charge is -2.34. The fraction of sp³-hybridized carbons (Fsp3) is 0.318. The molecule has 0 spiro atoms. The molecule has 2 aliphatic heterocycles. The van der Waals surface area contributed by atoms with Gasteiger partial charge in [-0.1, -0.05) is 12.1 Å². The van der Waals surface area contributed by atoms with E-state index in [0.29, 0.717) is 18.8 Å². The van der Waals surface area contributed by atoms with Crippen LogP contribution in [0.3, 0.4) is 0 Å². The Morgan fingerprint density at radius 1 is 1.06 bits per heavy atom. The summed E-state index contributed by atoms with van der Waals surface area (Å²) in [6, 6.07) is 11.7. The maximum atomic E-state index is 13.2. The average molecular weight is 479 g/mol. The van der Waals surface area contributed by atoms with Crippen molar-refractivity contribution in [1.82, 2.24) is 4.90 Å². The number of thioether (sulfide) groups is 1. The van der Waals surface area contributed by atoms with Crippen LogP contribution in [0.1, 0.15) is 12.8 Å². The van der Waals surface area contributed by atoms with Crippen molar-refractivity contribution in [2.45, 2.75) is 29.3 Å². The van der Waals surface area contributed by atoms with E-state index in [-0.39, 0.29) is 18.1 Å². The maximum Gasteiger partial charge on any atom is 0.573 e. The molecular formula is C22H20F3N3O4S. The van der Waals surface area contributed by atoms with Crippen LogP contribution < -0.4 is 15.0 Å². The van der Waals surface area contributed by atoms with Crippen LogP contribution in [-0.2, 0) is 14.4 Å². The van der Waals surface area contributed by atoms with Crippen LogP contribution in [0.2, 0.25) is 0 Å². The highest BCUT2D eigenvalue weighted by molar-refractivity contribution is 8.01. The lowest BCUT2D eigenvalue weighted by Crippen LogP contribution is -2.51. The van der Waals surface area contributed by atoms with E-state index in [1.54, 1.807) is 29.2 Å². The van der Waals surface area contributed by atoms with Crippen molar-refractivity contribution in [2.24, 2.45) is 0 Å². The van der Waals surface area contributed by atoms with Gasteiger partial charge < -0.3 is 19.9 Å². The molecule has 3 amide bonds. The molecule has 0 aromatic heterocycles. The van der Waals surface area contributed by atoms with Crippen molar-refractivity contribution in [1.29, 1.82) is 0 Å². The van der Waals surface area contributed by atoms with Gasteiger partial charge in [-0.2, -0.15) is 0 Å². The van der Waals surface area contributed by atoms with Crippen LogP contribution in [-0.4, -0.2) is 53.9 Å². The number of amides is 3. The van der Waals surface area contributed by atoms with Gasteiger partial charge in [-0.05, 0) is 49.2 Å². The van der Waals surface area contributed by atoms with Gasteiger partial charge in [0.1, 0.15) is 12.3 Å². The summed E-state index contributed by atoms with van der Waals surface area (Å²) >= 11 is 1.18. The number of hydrogen-bond donors (Lipinski definition) is 1. The molecule has 1 atom stereocenters. The first-order valence-corrected chi connectivity index (χ1v) is 11.1. The number of alkyl halides is 3. The molecule has 0 saturated carbocycles. The average Bonchev–Trinajstić information content (AvgIpc) is 3.30. The minimum atomic E-state index is -4.81. The number of likely N-dealkylation sites (tertiary alicyclic amines) is 1. The Morgan fingerprint density at radius 2 is 1.73 bits per heavy atom. The second-order valence-electron chi connectivity index (χ2n) is 7.54. The molecule has 0 aliphatic carbocycles. The van der Waals surface area contributed by atoms with Crippen LogP contribution in [0.4, 0.5) is 24.5 Å². The zero-order valence-corrected chi connectivity index (χ0v) is 18.1. The van der Waals surface area contributed by atoms with Gasteiger partial charge in [0.25, 0.3) is 5.91 Å². The van der Waals surface area contributed by atoms with Crippen LogP contribution >= 0.6 is 11.8 Å². The van der Waals surface area contributed by atoms with E-state index in [1.807, 2.05) is 0 Å². The number of benzene rings is 2. The molecule has 7 nitrogen and oxygen atoms in total. The van der Waals surface area contributed by atoms with Gasteiger partial charge >= 0.3 is 6.36 Å². The van der Waals surface area contributed by atoms with Gasteiger partial charge in [-0.15, -0.1) is 24.9 Å². The predicted octanol–water partition coefficient (Wildman–Crippen LogP) is 3.65. The minimum absolute atomic E-state index is 0.242. The fourth-order valence-corrected chi connectivity index (χ4v) is 4.91. The number of para-hydroxylation sites is 1. The topological polar surface area (TPSA) is 79.0 Å². The quantitative estimate of drug-likeness (QED) is 0.663. The standard InChI is InChI=1S/C22H20F3N3O4S/c23-22(24,25)32-15-9-7-14(8-10-15)26-18(29)13-28-16-5-1-2-6-17(16)33-19(21(28)31)20(30)27-11-3-4-12-27/h1-2,5-10,19H,3-4,11-13H2,(H,26,29). The summed E-state index contributed by atoms with van der Waals surface area (Å²) in [6.45, 7) is 0.875. The molecule has 174 valence electrons. The molecule has 2 aromatic carbocycles. The first kappa shape index (κ1) is 23.0. The molecular weight excluding hydrogens is 459 g/mol. The van der Waals surface area contributed by atoms with Crippen molar-refractivity contribution in [3.05, 3.63) is 48.5 Å². The first-order valence-electron chi connectivity index (χ1n) is 10.2. The molecule has 2 heterocycles. The number of nitrogens with one attached hydrogen (secondary N) is 1. The molecule has 0 radical (unpaired) electrons. The lowest BCUT2D eigenvalue weighted by atomic mass is 10.2. The van der Waals surface area contributed by atoms with Crippen LogP contribution in [0.15, 0.2) is 53.4 Å². The highest BCUT2D eigenvalue weighted by Gasteiger charge is 2.41. The number of hydrogen-bond acceptors (Lipinski definition) is 5. The normalized spacial score (nSPS) is 18.2. The fourth-order valence-electron chi connectivity index (χ4n) is 3.72. The third-order valence-electron chi connectivity index (χ3n) is 5.21. The Balaban J connectivity index is 1.48. The summed E-state index contributed by atoms with van der Waals surface area (Å²) in [5, 5.41) is 1.59. The molecule has 4 rings (SSSR count). The summed E-state index contributed by atoms with van der Waals surface area (Å²) in [7, 11) is 0. The van der Waals surface area contributed by atoms with E-state index in [2.05, 4.69) is 10.1 Å². The molecule has 2 aromatic rings. The third-order valence-corrected chi connectivity index (χ3v) is 6.44. The van der Waals surface area contributed by atoms with Crippen molar-refractivity contribution in [3.8, 4) is 5.75 Å². The highest BCUT2D eigenvalue weighted by Crippen LogP contribution is 2.40. The Labute approximate surface area is 191 Å². The van der Waals surface area contributed by atoms with Crippen molar-refractivity contribution < 1.29 is 32.3 Å². The van der Waals surface area contributed by atoms with E-state index in [1.165, 1.54) is 28.8 Å². The number of ether oxygens (including phenoxy) is 1. The number of carbonyl (C=O) groups excluding carboxylic acids is 3. The SMILES string of the molecule is O=C(CN1C(=O)C(C(=O)N2CCCC2)Sc2ccccc21)Nc1ccc(OC(F)(F)F)cc1. The summed E-state index contributed by atoms with van der Waals surface area (Å²) in [5.74, 6) is -1.70. The van der Waals surface area contributed by atoms with Crippen LogP contribution in [0, 0.1) is 0 Å². The Morgan fingerprint density at radius 3 is 2.39 bits per heavy atom. The Bertz CT molecular complexity index is 1060. The lowest BCUT2D eigenvalue weighted by molar-refractivity contribution is -0.274. The van der Waals surface area contributed by atoms with Gasteiger partial charge in [-0.25, -0.2) is 0 Å². The second-order valence-corrected chi connectivity index (χ2v) is 8.69. The van der Waals surface area contributed by atoms with Gasteiger partial charge in [0.15, 0.2) is 5.25 Å². The summed E-state index contributed by atoms with van der Waals surface area (Å²) in [4.78, 5) is 42.5. The zero-order valence-electron chi connectivity index (χ0n) is 17.3. The molecule has 1 unspecified atom stereocenters.